The molecule has 1 saturated heterocycles. The molecule has 0 atom stereocenters. The Bertz CT molecular complexity index is 712. The Kier molecular flexibility index (Phi) is 5.56. The molecule has 1 N–H and O–H groups in total. The van der Waals surface area contributed by atoms with E-state index in [-0.39, 0.29) is 5.91 Å². The van der Waals surface area contributed by atoms with Crippen LogP contribution in [0.2, 0.25) is 0 Å². The molecule has 0 unspecified atom stereocenters. The number of nitrogens with one attached hydrogen (secondary N) is 1. The van der Waals surface area contributed by atoms with Gasteiger partial charge in [0.1, 0.15) is 5.69 Å². The highest BCUT2D eigenvalue weighted by Crippen LogP contribution is 2.22. The maximum atomic E-state index is 12.5. The molecule has 0 radical (unpaired) electrons. The molecule has 1 aliphatic heterocycles. The highest BCUT2D eigenvalue weighted by atomic mass is 16.1. The van der Waals surface area contributed by atoms with Gasteiger partial charge in [-0.1, -0.05) is 29.8 Å². The molecule has 2 heterocycles. The fraction of sp³-hybridized carbons (Fsp3) is 0.450. The summed E-state index contributed by atoms with van der Waals surface area (Å²) in [5.74, 6) is -0.00464. The van der Waals surface area contributed by atoms with Crippen LogP contribution in [-0.4, -0.2) is 66.6 Å². The van der Waals surface area contributed by atoms with Gasteiger partial charge in [0, 0.05) is 58.1 Å². The van der Waals surface area contributed by atoms with Gasteiger partial charge in [0.05, 0.1) is 0 Å². The Morgan fingerprint density at radius 1 is 1.04 bits per heavy atom. The molecule has 0 aliphatic carbocycles. The molecule has 1 aromatic heterocycles. The molecule has 0 bridgehead atoms. The lowest BCUT2D eigenvalue weighted by Crippen LogP contribution is -2.47. The summed E-state index contributed by atoms with van der Waals surface area (Å²) in [4.78, 5) is 17.2. The van der Waals surface area contributed by atoms with Crippen LogP contribution in [0.4, 0.5) is 0 Å². The third-order valence-electron chi connectivity index (χ3n) is 4.93. The van der Waals surface area contributed by atoms with Crippen LogP contribution < -0.4 is 5.32 Å². The number of hydrogen-bond donors (Lipinski definition) is 1. The van der Waals surface area contributed by atoms with E-state index in [9.17, 15) is 4.79 Å². The molecule has 1 amide bonds. The van der Waals surface area contributed by atoms with E-state index in [1.165, 1.54) is 5.56 Å². The molecule has 1 aromatic carbocycles. The first kappa shape index (κ1) is 17.7. The van der Waals surface area contributed by atoms with Gasteiger partial charge in [-0.2, -0.15) is 0 Å². The molecule has 0 saturated carbocycles. The maximum Gasteiger partial charge on any atom is 0.267 e. The molecular weight excluding hydrogens is 312 g/mol. The van der Waals surface area contributed by atoms with Gasteiger partial charge in [0.15, 0.2) is 0 Å². The summed E-state index contributed by atoms with van der Waals surface area (Å²) in [7, 11) is 4.08. The van der Waals surface area contributed by atoms with Crippen molar-refractivity contribution in [1.82, 2.24) is 19.7 Å². The minimum absolute atomic E-state index is 0.00464. The van der Waals surface area contributed by atoms with Crippen molar-refractivity contribution in [2.24, 2.45) is 7.05 Å². The summed E-state index contributed by atoms with van der Waals surface area (Å²) in [6.07, 6.45) is 2.01. The number of likely N-dealkylation sites (N-methyl/N-ethyl adjacent to an activating group) is 1. The standard InChI is InChI=1S/C20H28N4O/c1-16-4-6-17(7-5-16)18-14-19(23(3)15-18)20(25)21-8-9-24-12-10-22(2)11-13-24/h4-7,14-15H,8-13H2,1-3H3,(H,21,25). The van der Waals surface area contributed by atoms with E-state index in [0.29, 0.717) is 12.2 Å². The van der Waals surface area contributed by atoms with Crippen LogP contribution in [0.15, 0.2) is 36.5 Å². The number of hydrogen-bond acceptors (Lipinski definition) is 3. The van der Waals surface area contributed by atoms with Crippen molar-refractivity contribution in [3.8, 4) is 11.1 Å². The Morgan fingerprint density at radius 3 is 2.40 bits per heavy atom. The van der Waals surface area contributed by atoms with Crippen LogP contribution in [-0.2, 0) is 7.05 Å². The average Bonchev–Trinajstić information content (AvgIpc) is 2.99. The first-order valence-electron chi connectivity index (χ1n) is 8.95. The topological polar surface area (TPSA) is 40.5 Å². The molecule has 2 aromatic rings. The second-order valence-electron chi connectivity index (χ2n) is 6.99. The lowest BCUT2D eigenvalue weighted by molar-refractivity contribution is 0.0933. The minimum atomic E-state index is -0.00464. The third kappa shape index (κ3) is 4.50. The Hall–Kier alpha value is -2.11. The van der Waals surface area contributed by atoms with E-state index in [1.54, 1.807) is 0 Å². The predicted octanol–water partition coefficient (Wildman–Crippen LogP) is 1.98. The Balaban J connectivity index is 1.56. The molecule has 0 spiro atoms. The molecule has 25 heavy (non-hydrogen) atoms. The number of rotatable bonds is 5. The summed E-state index contributed by atoms with van der Waals surface area (Å²) in [6, 6.07) is 10.4. The van der Waals surface area contributed by atoms with E-state index in [0.717, 1.165) is 43.9 Å². The quantitative estimate of drug-likeness (QED) is 0.905. The van der Waals surface area contributed by atoms with Gasteiger partial charge in [-0.25, -0.2) is 0 Å². The average molecular weight is 340 g/mol. The fourth-order valence-corrected chi connectivity index (χ4v) is 3.18. The van der Waals surface area contributed by atoms with Crippen molar-refractivity contribution in [3.63, 3.8) is 0 Å². The van der Waals surface area contributed by atoms with Gasteiger partial charge < -0.3 is 14.8 Å². The molecule has 5 heteroatoms. The predicted molar refractivity (Wildman–Crippen MR) is 102 cm³/mol. The third-order valence-corrected chi connectivity index (χ3v) is 4.93. The number of aromatic nitrogens is 1. The number of amides is 1. The van der Waals surface area contributed by atoms with Crippen LogP contribution >= 0.6 is 0 Å². The van der Waals surface area contributed by atoms with Gasteiger partial charge in [-0.3, -0.25) is 9.69 Å². The van der Waals surface area contributed by atoms with Gasteiger partial charge in [0.25, 0.3) is 5.91 Å². The zero-order chi connectivity index (χ0) is 17.8. The van der Waals surface area contributed by atoms with E-state index in [2.05, 4.69) is 53.4 Å². The SMILES string of the molecule is Cc1ccc(-c2cc(C(=O)NCCN3CCN(C)CC3)n(C)c2)cc1. The van der Waals surface area contributed by atoms with Crippen LogP contribution in [0.3, 0.4) is 0 Å². The van der Waals surface area contributed by atoms with Crippen molar-refractivity contribution in [1.29, 1.82) is 0 Å². The highest BCUT2D eigenvalue weighted by Gasteiger charge is 2.15. The second kappa shape index (κ2) is 7.85. The lowest BCUT2D eigenvalue weighted by atomic mass is 10.1. The summed E-state index contributed by atoms with van der Waals surface area (Å²) in [5, 5.41) is 3.06. The van der Waals surface area contributed by atoms with E-state index < -0.39 is 0 Å². The van der Waals surface area contributed by atoms with Crippen molar-refractivity contribution >= 4 is 5.91 Å². The molecule has 1 fully saturated rings. The number of carbonyl (C=O) groups excluding carboxylic acids is 1. The first-order chi connectivity index (χ1) is 12.0. The summed E-state index contributed by atoms with van der Waals surface area (Å²) >= 11 is 0. The van der Waals surface area contributed by atoms with E-state index in [1.807, 2.05) is 23.9 Å². The van der Waals surface area contributed by atoms with E-state index >= 15 is 0 Å². The largest absolute Gasteiger partial charge is 0.349 e. The number of piperazine rings is 1. The van der Waals surface area contributed by atoms with Crippen molar-refractivity contribution in [2.45, 2.75) is 6.92 Å². The molecule has 3 rings (SSSR count). The maximum absolute atomic E-state index is 12.5. The van der Waals surface area contributed by atoms with Crippen LogP contribution in [0.25, 0.3) is 11.1 Å². The lowest BCUT2D eigenvalue weighted by Gasteiger charge is -2.32. The van der Waals surface area contributed by atoms with Gasteiger partial charge in [0.2, 0.25) is 0 Å². The molecular formula is C20H28N4O. The van der Waals surface area contributed by atoms with Crippen molar-refractivity contribution in [2.75, 3.05) is 46.3 Å². The summed E-state index contributed by atoms with van der Waals surface area (Å²) in [5.41, 5.74) is 4.15. The first-order valence-corrected chi connectivity index (χ1v) is 8.95. The highest BCUT2D eigenvalue weighted by molar-refractivity contribution is 5.94. The number of aryl methyl sites for hydroxylation is 2. The summed E-state index contributed by atoms with van der Waals surface area (Å²) < 4.78 is 1.90. The van der Waals surface area contributed by atoms with Gasteiger partial charge in [-0.05, 0) is 25.6 Å². The van der Waals surface area contributed by atoms with Crippen LogP contribution in [0.5, 0.6) is 0 Å². The molecule has 134 valence electrons. The number of nitrogens with zero attached hydrogens (tertiary/aromatic N) is 3. The minimum Gasteiger partial charge on any atom is -0.349 e. The number of benzene rings is 1. The zero-order valence-corrected chi connectivity index (χ0v) is 15.5. The summed E-state index contributed by atoms with van der Waals surface area (Å²) in [6.45, 7) is 8.04. The van der Waals surface area contributed by atoms with Crippen LogP contribution in [0, 0.1) is 6.92 Å². The zero-order valence-electron chi connectivity index (χ0n) is 15.5. The molecule has 1 aliphatic rings. The van der Waals surface area contributed by atoms with Crippen molar-refractivity contribution in [3.05, 3.63) is 47.8 Å². The van der Waals surface area contributed by atoms with Crippen LogP contribution in [0.1, 0.15) is 16.1 Å². The Labute approximate surface area is 150 Å². The van der Waals surface area contributed by atoms with Gasteiger partial charge in [-0.15, -0.1) is 0 Å². The Morgan fingerprint density at radius 2 is 1.72 bits per heavy atom. The number of carbonyl (C=O) groups is 1. The smallest absolute Gasteiger partial charge is 0.267 e. The molecule has 5 nitrogen and oxygen atoms in total. The second-order valence-corrected chi connectivity index (χ2v) is 6.99. The van der Waals surface area contributed by atoms with Gasteiger partial charge >= 0.3 is 0 Å². The van der Waals surface area contributed by atoms with Crippen molar-refractivity contribution < 1.29 is 4.79 Å². The monoisotopic (exact) mass is 340 g/mol. The normalized spacial score (nSPS) is 16.1. The van der Waals surface area contributed by atoms with E-state index in [4.69, 9.17) is 0 Å². The fourth-order valence-electron chi connectivity index (χ4n) is 3.18.